The van der Waals surface area contributed by atoms with Crippen LogP contribution in [-0.2, 0) is 29.1 Å². The number of sulfonamides is 1. The van der Waals surface area contributed by atoms with E-state index in [1.54, 1.807) is 18.2 Å². The third kappa shape index (κ3) is 5.00. The Morgan fingerprint density at radius 3 is 2.48 bits per heavy atom. The fraction of sp³-hybridized carbons (Fsp3) is 0.350. The molecule has 1 amide bonds. The van der Waals surface area contributed by atoms with Gasteiger partial charge in [-0.3, -0.25) is 14.4 Å². The smallest absolute Gasteiger partial charge is 0.325 e. The predicted molar refractivity (Wildman–Crippen MR) is 115 cm³/mol. The fourth-order valence-electron chi connectivity index (χ4n) is 3.54. The lowest BCUT2D eigenvalue weighted by Crippen LogP contribution is -2.50. The monoisotopic (exact) mass is 466 g/mol. The van der Waals surface area contributed by atoms with Crippen molar-refractivity contribution in [1.82, 2.24) is 9.21 Å². The molecule has 1 N–H and O–H groups in total. The highest BCUT2D eigenvalue weighted by atomic mass is 32.2. The van der Waals surface area contributed by atoms with Crippen molar-refractivity contribution in [2.75, 3.05) is 26.7 Å². The Morgan fingerprint density at radius 1 is 1.16 bits per heavy atom. The number of thiol groups is 1. The van der Waals surface area contributed by atoms with Crippen LogP contribution in [0.2, 0.25) is 0 Å². The van der Waals surface area contributed by atoms with Gasteiger partial charge in [0, 0.05) is 11.8 Å². The van der Waals surface area contributed by atoms with Crippen LogP contribution in [0.4, 0.5) is 0 Å². The molecule has 31 heavy (non-hydrogen) atoms. The molecule has 1 aliphatic heterocycles. The zero-order chi connectivity index (χ0) is 22.8. The molecule has 0 radical (unpaired) electrons. The van der Waals surface area contributed by atoms with Crippen LogP contribution in [-0.4, -0.2) is 78.6 Å². The molecular formula is C20H22N2O7S2. The van der Waals surface area contributed by atoms with Crippen LogP contribution in [0.3, 0.4) is 0 Å². The average Bonchev–Trinajstić information content (AvgIpc) is 3.14. The van der Waals surface area contributed by atoms with E-state index in [4.69, 9.17) is 5.11 Å². The second-order valence-corrected chi connectivity index (χ2v) is 9.77. The summed E-state index contributed by atoms with van der Waals surface area (Å²) in [6, 6.07) is 10.8. The number of hydrogen-bond acceptors (Lipinski definition) is 7. The quantitative estimate of drug-likeness (QED) is 0.461. The van der Waals surface area contributed by atoms with Gasteiger partial charge in [0.05, 0.1) is 12.0 Å². The first-order valence-corrected chi connectivity index (χ1v) is 11.3. The van der Waals surface area contributed by atoms with E-state index in [1.165, 1.54) is 12.1 Å². The maximum Gasteiger partial charge on any atom is 0.325 e. The highest BCUT2D eigenvalue weighted by Gasteiger charge is 2.45. The predicted octanol–water partition coefficient (Wildman–Crippen LogP) is 0.987. The van der Waals surface area contributed by atoms with Crippen molar-refractivity contribution in [3.8, 4) is 0 Å². The summed E-state index contributed by atoms with van der Waals surface area (Å²) >= 11 is 4.35. The maximum atomic E-state index is 13.4. The van der Waals surface area contributed by atoms with Gasteiger partial charge in [-0.2, -0.15) is 16.9 Å². The Kier molecular flexibility index (Phi) is 6.87. The normalized spacial score (nSPS) is 19.3. The number of carbonyl (C=O) groups is 3. The lowest BCUT2D eigenvalue weighted by Gasteiger charge is -2.28. The molecule has 1 aliphatic rings. The molecule has 1 fully saturated rings. The highest BCUT2D eigenvalue weighted by molar-refractivity contribution is 7.89. The summed E-state index contributed by atoms with van der Waals surface area (Å²) in [6.45, 7) is -1.38. The number of carboxylic acid groups (broad SMARTS) is 1. The number of aliphatic carboxylic acids is 1. The van der Waals surface area contributed by atoms with Crippen molar-refractivity contribution in [3.05, 3.63) is 42.5 Å². The van der Waals surface area contributed by atoms with Crippen LogP contribution in [0.25, 0.3) is 10.8 Å². The molecule has 166 valence electrons. The summed E-state index contributed by atoms with van der Waals surface area (Å²) in [7, 11) is -2.97. The molecule has 9 nitrogen and oxygen atoms in total. The summed E-state index contributed by atoms with van der Waals surface area (Å²) < 4.78 is 32.3. The summed E-state index contributed by atoms with van der Waals surface area (Å²) in [6.07, 6.45) is 0.0893. The fourth-order valence-corrected chi connectivity index (χ4v) is 5.70. The van der Waals surface area contributed by atoms with E-state index in [1.807, 2.05) is 12.1 Å². The third-order valence-electron chi connectivity index (χ3n) is 5.03. The Hall–Kier alpha value is -2.63. The number of ether oxygens (including phenoxy) is 1. The van der Waals surface area contributed by atoms with Crippen LogP contribution in [0.5, 0.6) is 0 Å². The second-order valence-electron chi connectivity index (χ2n) is 7.15. The molecule has 0 spiro atoms. The van der Waals surface area contributed by atoms with Gasteiger partial charge in [0.15, 0.2) is 0 Å². The Bertz CT molecular complexity index is 1120. The van der Waals surface area contributed by atoms with E-state index in [-0.39, 0.29) is 17.9 Å². The molecule has 0 aliphatic carbocycles. The van der Waals surface area contributed by atoms with Crippen molar-refractivity contribution in [3.63, 3.8) is 0 Å². The number of esters is 1. The lowest BCUT2D eigenvalue weighted by molar-refractivity contribution is -0.152. The number of amides is 1. The Labute approximate surface area is 185 Å². The SMILES string of the molecule is COC(=O)CN(CC(=O)O)C(=O)C1CC(S)CN1S(=O)(=O)c1ccc2ccccc2c1. The van der Waals surface area contributed by atoms with Gasteiger partial charge >= 0.3 is 11.9 Å². The van der Waals surface area contributed by atoms with Crippen molar-refractivity contribution < 1.29 is 32.6 Å². The number of hydrogen-bond donors (Lipinski definition) is 2. The molecule has 3 rings (SSSR count). The van der Waals surface area contributed by atoms with Crippen LogP contribution < -0.4 is 0 Å². The van der Waals surface area contributed by atoms with Gasteiger partial charge in [0.25, 0.3) is 0 Å². The minimum Gasteiger partial charge on any atom is -0.480 e. The zero-order valence-electron chi connectivity index (χ0n) is 16.7. The molecular weight excluding hydrogens is 444 g/mol. The van der Waals surface area contributed by atoms with Crippen LogP contribution >= 0.6 is 12.6 Å². The molecule has 2 aromatic rings. The second kappa shape index (κ2) is 9.25. The van der Waals surface area contributed by atoms with E-state index in [0.29, 0.717) is 0 Å². The topological polar surface area (TPSA) is 121 Å². The van der Waals surface area contributed by atoms with Crippen LogP contribution in [0, 0.1) is 0 Å². The molecule has 1 heterocycles. The van der Waals surface area contributed by atoms with Gasteiger partial charge < -0.3 is 14.7 Å². The van der Waals surface area contributed by atoms with E-state index < -0.39 is 52.3 Å². The van der Waals surface area contributed by atoms with Gasteiger partial charge in [-0.25, -0.2) is 8.42 Å². The number of benzene rings is 2. The molecule has 1 saturated heterocycles. The molecule has 11 heteroatoms. The first-order valence-electron chi connectivity index (χ1n) is 9.39. The average molecular weight is 467 g/mol. The summed E-state index contributed by atoms with van der Waals surface area (Å²) in [4.78, 5) is 36.7. The molecule has 2 unspecified atom stereocenters. The molecule has 2 atom stereocenters. The number of methoxy groups -OCH3 is 1. The number of rotatable bonds is 7. The minimum atomic E-state index is -4.08. The van der Waals surface area contributed by atoms with Gasteiger partial charge in [-0.15, -0.1) is 0 Å². The third-order valence-corrected chi connectivity index (χ3v) is 7.28. The maximum absolute atomic E-state index is 13.4. The van der Waals surface area contributed by atoms with E-state index >= 15 is 0 Å². The lowest BCUT2D eigenvalue weighted by atomic mass is 10.1. The summed E-state index contributed by atoms with van der Waals surface area (Å²) in [5.41, 5.74) is 0. The number of carbonyl (C=O) groups excluding carboxylic acids is 2. The zero-order valence-corrected chi connectivity index (χ0v) is 18.4. The Morgan fingerprint density at radius 2 is 1.84 bits per heavy atom. The van der Waals surface area contributed by atoms with E-state index in [2.05, 4.69) is 17.4 Å². The van der Waals surface area contributed by atoms with Crippen molar-refractivity contribution >= 4 is 51.3 Å². The highest BCUT2D eigenvalue weighted by Crippen LogP contribution is 2.31. The van der Waals surface area contributed by atoms with Crippen molar-refractivity contribution in [1.29, 1.82) is 0 Å². The van der Waals surface area contributed by atoms with Crippen LogP contribution in [0.15, 0.2) is 47.4 Å². The first kappa shape index (κ1) is 23.0. The molecule has 2 aromatic carbocycles. The van der Waals surface area contributed by atoms with Gasteiger partial charge in [-0.1, -0.05) is 30.3 Å². The molecule has 0 bridgehead atoms. The molecule has 0 aromatic heterocycles. The van der Waals surface area contributed by atoms with Gasteiger partial charge in [-0.05, 0) is 29.3 Å². The summed E-state index contributed by atoms with van der Waals surface area (Å²) in [5.74, 6) is -2.92. The number of carboxylic acids is 1. The first-order chi connectivity index (χ1) is 14.6. The van der Waals surface area contributed by atoms with Crippen molar-refractivity contribution in [2.45, 2.75) is 22.6 Å². The standard InChI is InChI=1S/C20H22N2O7S2/c1-29-19(25)12-21(11-18(23)24)20(26)17-9-15(30)10-22(17)31(27,28)16-7-6-13-4-2-3-5-14(13)8-16/h2-8,15,17,30H,9-12H2,1H3,(H,23,24). The largest absolute Gasteiger partial charge is 0.480 e. The van der Waals surface area contributed by atoms with Crippen LogP contribution in [0.1, 0.15) is 6.42 Å². The van der Waals surface area contributed by atoms with E-state index in [0.717, 1.165) is 27.1 Å². The Balaban J connectivity index is 1.95. The van der Waals surface area contributed by atoms with Gasteiger partial charge in [0.1, 0.15) is 19.1 Å². The van der Waals surface area contributed by atoms with E-state index in [9.17, 15) is 22.8 Å². The molecule has 0 saturated carbocycles. The van der Waals surface area contributed by atoms with Gasteiger partial charge in [0.2, 0.25) is 15.9 Å². The number of nitrogens with zero attached hydrogens (tertiary/aromatic N) is 2. The minimum absolute atomic E-state index is 0.0178. The van der Waals surface area contributed by atoms with Crippen molar-refractivity contribution in [2.24, 2.45) is 0 Å². The number of fused-ring (bicyclic) bond motifs is 1. The summed E-state index contributed by atoms with van der Waals surface area (Å²) in [5, 5.41) is 10.3.